The smallest absolute Gasteiger partial charge is 0.0251 e. The summed E-state index contributed by atoms with van der Waals surface area (Å²) in [6, 6.07) is 6.62. The Morgan fingerprint density at radius 2 is 1.90 bits per heavy atom. The number of nitrogens with one attached hydrogen (secondary N) is 1. The Morgan fingerprint density at radius 3 is 2.43 bits per heavy atom. The van der Waals surface area contributed by atoms with Gasteiger partial charge in [-0.1, -0.05) is 54.1 Å². The summed E-state index contributed by atoms with van der Waals surface area (Å²) in [6.07, 6.45) is 3.86. The molecule has 3 heteroatoms. The third-order valence-electron chi connectivity index (χ3n) is 3.17. The SMILES string of the molecule is C=CCN(CC=C)Cc1ccc(CNCC(C)C)cc1Br. The van der Waals surface area contributed by atoms with Crippen molar-refractivity contribution >= 4 is 15.9 Å². The monoisotopic (exact) mass is 350 g/mol. The van der Waals surface area contributed by atoms with E-state index in [1.54, 1.807) is 0 Å². The maximum absolute atomic E-state index is 3.81. The molecule has 0 aliphatic heterocycles. The lowest BCUT2D eigenvalue weighted by molar-refractivity contribution is 0.327. The fourth-order valence-corrected chi connectivity index (χ4v) is 2.70. The molecule has 1 rings (SSSR count). The Labute approximate surface area is 138 Å². The highest BCUT2D eigenvalue weighted by atomic mass is 79.9. The van der Waals surface area contributed by atoms with Crippen molar-refractivity contribution < 1.29 is 0 Å². The fourth-order valence-electron chi connectivity index (χ4n) is 2.14. The zero-order chi connectivity index (χ0) is 15.7. The van der Waals surface area contributed by atoms with Crippen LogP contribution in [0.2, 0.25) is 0 Å². The molecule has 0 unspecified atom stereocenters. The van der Waals surface area contributed by atoms with Crippen LogP contribution < -0.4 is 5.32 Å². The van der Waals surface area contributed by atoms with Crippen LogP contribution in [0.25, 0.3) is 0 Å². The van der Waals surface area contributed by atoms with Gasteiger partial charge in [0, 0.05) is 30.7 Å². The first kappa shape index (κ1) is 18.1. The van der Waals surface area contributed by atoms with Crippen LogP contribution in [0.15, 0.2) is 48.0 Å². The second-order valence-corrected chi connectivity index (χ2v) is 6.58. The number of benzene rings is 1. The summed E-state index contributed by atoms with van der Waals surface area (Å²) in [5, 5.41) is 3.47. The van der Waals surface area contributed by atoms with E-state index in [1.165, 1.54) is 15.6 Å². The van der Waals surface area contributed by atoms with Crippen LogP contribution >= 0.6 is 15.9 Å². The van der Waals surface area contributed by atoms with Crippen molar-refractivity contribution in [3.05, 3.63) is 59.1 Å². The molecule has 21 heavy (non-hydrogen) atoms. The molecule has 0 saturated carbocycles. The molecule has 1 N–H and O–H groups in total. The fraction of sp³-hybridized carbons (Fsp3) is 0.444. The number of hydrogen-bond donors (Lipinski definition) is 1. The van der Waals surface area contributed by atoms with Crippen LogP contribution in [0.1, 0.15) is 25.0 Å². The van der Waals surface area contributed by atoms with Gasteiger partial charge in [0.2, 0.25) is 0 Å². The summed E-state index contributed by atoms with van der Waals surface area (Å²) in [5.74, 6) is 0.680. The van der Waals surface area contributed by atoms with Gasteiger partial charge in [0.15, 0.2) is 0 Å². The van der Waals surface area contributed by atoms with Gasteiger partial charge >= 0.3 is 0 Å². The zero-order valence-electron chi connectivity index (χ0n) is 13.2. The Kier molecular flexibility index (Phi) is 8.58. The minimum Gasteiger partial charge on any atom is -0.312 e. The third-order valence-corrected chi connectivity index (χ3v) is 3.91. The van der Waals surface area contributed by atoms with Gasteiger partial charge in [0.05, 0.1) is 0 Å². The van der Waals surface area contributed by atoms with Crippen molar-refractivity contribution in [3.8, 4) is 0 Å². The molecule has 0 saturated heterocycles. The van der Waals surface area contributed by atoms with E-state index in [9.17, 15) is 0 Å². The molecule has 0 aliphatic carbocycles. The average Bonchev–Trinajstić information content (AvgIpc) is 2.42. The molecule has 0 atom stereocenters. The Morgan fingerprint density at radius 1 is 1.24 bits per heavy atom. The summed E-state index contributed by atoms with van der Waals surface area (Å²) in [5.41, 5.74) is 2.61. The number of nitrogens with zero attached hydrogens (tertiary/aromatic N) is 1. The van der Waals surface area contributed by atoms with Crippen LogP contribution in [0.5, 0.6) is 0 Å². The maximum Gasteiger partial charge on any atom is 0.0251 e. The molecule has 0 heterocycles. The van der Waals surface area contributed by atoms with Crippen LogP contribution in [0, 0.1) is 5.92 Å². The lowest BCUT2D eigenvalue weighted by atomic mass is 10.1. The van der Waals surface area contributed by atoms with E-state index in [1.807, 2.05) is 12.2 Å². The van der Waals surface area contributed by atoms with Gasteiger partial charge in [0.1, 0.15) is 0 Å². The van der Waals surface area contributed by atoms with Crippen molar-refractivity contribution in [2.24, 2.45) is 5.92 Å². The molecule has 116 valence electrons. The molecule has 0 bridgehead atoms. The van der Waals surface area contributed by atoms with E-state index in [4.69, 9.17) is 0 Å². The van der Waals surface area contributed by atoms with Gasteiger partial charge in [-0.3, -0.25) is 4.90 Å². The van der Waals surface area contributed by atoms with Crippen LogP contribution in [0.4, 0.5) is 0 Å². The number of hydrogen-bond acceptors (Lipinski definition) is 2. The van der Waals surface area contributed by atoms with Crippen molar-refractivity contribution in [1.82, 2.24) is 10.2 Å². The minimum absolute atomic E-state index is 0.680. The predicted molar refractivity (Wildman–Crippen MR) is 96.4 cm³/mol. The number of rotatable bonds is 10. The van der Waals surface area contributed by atoms with Gasteiger partial charge in [-0.25, -0.2) is 0 Å². The standard InChI is InChI=1S/C18H27BrN2/c1-5-9-21(10-6-2)14-17-8-7-16(11-18(17)19)13-20-12-15(3)4/h5-8,11,15,20H,1-2,9-10,12-14H2,3-4H3. The van der Waals surface area contributed by atoms with Crippen LogP contribution in [-0.2, 0) is 13.1 Å². The topological polar surface area (TPSA) is 15.3 Å². The minimum atomic E-state index is 0.680. The molecule has 0 aliphatic rings. The molecule has 0 spiro atoms. The first-order valence-corrected chi connectivity index (χ1v) is 8.28. The summed E-state index contributed by atoms with van der Waals surface area (Å²) < 4.78 is 1.17. The maximum atomic E-state index is 3.81. The van der Waals surface area contributed by atoms with E-state index >= 15 is 0 Å². The first-order chi connectivity index (χ1) is 10.1. The Hall–Kier alpha value is -0.900. The second kappa shape index (κ2) is 9.93. The summed E-state index contributed by atoms with van der Waals surface area (Å²) in [6.45, 7) is 16.7. The molecular formula is C18H27BrN2. The van der Waals surface area contributed by atoms with Gasteiger partial charge in [-0.15, -0.1) is 13.2 Å². The lowest BCUT2D eigenvalue weighted by Crippen LogP contribution is -2.23. The molecule has 0 aromatic heterocycles. The summed E-state index contributed by atoms with van der Waals surface area (Å²) in [7, 11) is 0. The van der Waals surface area contributed by atoms with Gasteiger partial charge in [0.25, 0.3) is 0 Å². The highest BCUT2D eigenvalue weighted by Crippen LogP contribution is 2.20. The molecular weight excluding hydrogens is 324 g/mol. The van der Waals surface area contributed by atoms with Crippen molar-refractivity contribution in [3.63, 3.8) is 0 Å². The Bertz CT molecular complexity index is 445. The number of halogens is 1. The molecule has 2 nitrogen and oxygen atoms in total. The third kappa shape index (κ3) is 7.07. The highest BCUT2D eigenvalue weighted by Gasteiger charge is 2.07. The summed E-state index contributed by atoms with van der Waals surface area (Å²) >= 11 is 3.69. The molecule has 0 radical (unpaired) electrons. The van der Waals surface area contributed by atoms with Crippen LogP contribution in [0.3, 0.4) is 0 Å². The highest BCUT2D eigenvalue weighted by molar-refractivity contribution is 9.10. The lowest BCUT2D eigenvalue weighted by Gasteiger charge is -2.20. The predicted octanol–water partition coefficient (Wildman–Crippen LogP) is 4.37. The van der Waals surface area contributed by atoms with Crippen molar-refractivity contribution in [2.75, 3.05) is 19.6 Å². The van der Waals surface area contributed by atoms with E-state index in [0.717, 1.165) is 32.7 Å². The van der Waals surface area contributed by atoms with E-state index in [2.05, 4.69) is 71.4 Å². The molecule has 1 aromatic rings. The Balaban J connectivity index is 2.63. The zero-order valence-corrected chi connectivity index (χ0v) is 14.8. The molecule has 0 fully saturated rings. The quantitative estimate of drug-likeness (QED) is 0.630. The van der Waals surface area contributed by atoms with Gasteiger partial charge in [-0.05, 0) is 29.7 Å². The van der Waals surface area contributed by atoms with E-state index in [0.29, 0.717) is 5.92 Å². The van der Waals surface area contributed by atoms with Crippen molar-refractivity contribution in [2.45, 2.75) is 26.9 Å². The first-order valence-electron chi connectivity index (χ1n) is 7.49. The normalized spacial score (nSPS) is 11.1. The summed E-state index contributed by atoms with van der Waals surface area (Å²) in [4.78, 5) is 2.30. The largest absolute Gasteiger partial charge is 0.312 e. The van der Waals surface area contributed by atoms with Crippen molar-refractivity contribution in [1.29, 1.82) is 0 Å². The average molecular weight is 351 g/mol. The van der Waals surface area contributed by atoms with Crippen LogP contribution in [-0.4, -0.2) is 24.5 Å². The second-order valence-electron chi connectivity index (χ2n) is 5.72. The van der Waals surface area contributed by atoms with Gasteiger partial charge in [-0.2, -0.15) is 0 Å². The molecule has 0 amide bonds. The molecule has 1 aromatic carbocycles. The van der Waals surface area contributed by atoms with Gasteiger partial charge < -0.3 is 5.32 Å². The van der Waals surface area contributed by atoms with E-state index < -0.39 is 0 Å². The van der Waals surface area contributed by atoms with E-state index in [-0.39, 0.29) is 0 Å².